The topological polar surface area (TPSA) is 113 Å². The third-order valence-electron chi connectivity index (χ3n) is 3.01. The lowest BCUT2D eigenvalue weighted by atomic mass is 10.2. The van der Waals surface area contributed by atoms with Gasteiger partial charge in [-0.25, -0.2) is 0 Å². The molecule has 0 radical (unpaired) electrons. The molecule has 0 fully saturated rings. The normalized spacial score (nSPS) is 10.5. The van der Waals surface area contributed by atoms with Gasteiger partial charge >= 0.3 is 0 Å². The molecule has 112 valence electrons. The van der Waals surface area contributed by atoms with Crippen LogP contribution in [0.5, 0.6) is 0 Å². The smallest absolute Gasteiger partial charge is 0.272 e. The number of rotatable bonds is 6. The summed E-state index contributed by atoms with van der Waals surface area (Å²) >= 11 is 0. The first-order chi connectivity index (χ1) is 10.1. The maximum absolute atomic E-state index is 12.1. The van der Waals surface area contributed by atoms with Crippen molar-refractivity contribution in [2.75, 3.05) is 18.8 Å². The van der Waals surface area contributed by atoms with Gasteiger partial charge in [0.25, 0.3) is 5.91 Å². The van der Waals surface area contributed by atoms with Gasteiger partial charge < -0.3 is 16.4 Å². The largest absolute Gasteiger partial charge is 0.399 e. The molecular formula is C14H19N5O2. The predicted molar refractivity (Wildman–Crippen MR) is 80.8 cm³/mol. The summed E-state index contributed by atoms with van der Waals surface area (Å²) in [5.41, 5.74) is 7.31. The highest BCUT2D eigenvalue weighted by Gasteiger charge is 2.14. The van der Waals surface area contributed by atoms with E-state index in [9.17, 15) is 9.59 Å². The molecule has 0 aliphatic rings. The Balaban J connectivity index is 1.93. The minimum atomic E-state index is -0.324. The molecule has 0 aliphatic heterocycles. The van der Waals surface area contributed by atoms with Gasteiger partial charge in [-0.1, -0.05) is 6.92 Å². The summed E-state index contributed by atoms with van der Waals surface area (Å²) in [6.45, 7) is 2.90. The summed E-state index contributed by atoms with van der Waals surface area (Å²) in [5, 5.41) is 12.9. The second-order valence-electron chi connectivity index (χ2n) is 4.73. The van der Waals surface area contributed by atoms with Gasteiger partial charge in [-0.15, -0.1) is 0 Å². The Hall–Kier alpha value is -2.57. The summed E-state index contributed by atoms with van der Waals surface area (Å²) in [4.78, 5) is 23.5. The molecule has 1 aromatic heterocycles. The van der Waals surface area contributed by atoms with Crippen molar-refractivity contribution in [2.24, 2.45) is 0 Å². The Morgan fingerprint density at radius 1 is 1.29 bits per heavy atom. The van der Waals surface area contributed by atoms with Crippen LogP contribution in [-0.4, -0.2) is 35.1 Å². The second kappa shape index (κ2) is 6.74. The van der Waals surface area contributed by atoms with Crippen molar-refractivity contribution >= 4 is 28.4 Å². The van der Waals surface area contributed by atoms with E-state index >= 15 is 0 Å². The van der Waals surface area contributed by atoms with Gasteiger partial charge in [-0.3, -0.25) is 14.7 Å². The fourth-order valence-corrected chi connectivity index (χ4v) is 1.93. The molecule has 0 bridgehead atoms. The van der Waals surface area contributed by atoms with E-state index in [4.69, 9.17) is 5.73 Å². The van der Waals surface area contributed by atoms with Crippen LogP contribution < -0.4 is 16.4 Å². The molecule has 2 aromatic rings. The van der Waals surface area contributed by atoms with Crippen molar-refractivity contribution in [2.45, 2.75) is 19.8 Å². The summed E-state index contributed by atoms with van der Waals surface area (Å²) in [5.74, 6) is -0.400. The van der Waals surface area contributed by atoms with Gasteiger partial charge in [0.1, 0.15) is 0 Å². The summed E-state index contributed by atoms with van der Waals surface area (Å²) in [6, 6.07) is 5.20. The molecule has 7 nitrogen and oxygen atoms in total. The number of aromatic amines is 1. The van der Waals surface area contributed by atoms with Crippen molar-refractivity contribution in [3.05, 3.63) is 23.9 Å². The Morgan fingerprint density at radius 2 is 2.10 bits per heavy atom. The first kappa shape index (κ1) is 14.8. The van der Waals surface area contributed by atoms with Gasteiger partial charge in [0.2, 0.25) is 5.91 Å². The molecular weight excluding hydrogens is 270 g/mol. The van der Waals surface area contributed by atoms with E-state index in [2.05, 4.69) is 20.8 Å². The van der Waals surface area contributed by atoms with Gasteiger partial charge in [-0.2, -0.15) is 5.10 Å². The number of nitrogen functional groups attached to an aromatic ring is 1. The van der Waals surface area contributed by atoms with Gasteiger partial charge in [0.15, 0.2) is 5.69 Å². The van der Waals surface area contributed by atoms with Crippen LogP contribution in [0.15, 0.2) is 18.2 Å². The highest BCUT2D eigenvalue weighted by Crippen LogP contribution is 2.18. The van der Waals surface area contributed by atoms with Crippen LogP contribution in [0.4, 0.5) is 5.69 Å². The summed E-state index contributed by atoms with van der Waals surface area (Å²) < 4.78 is 0. The van der Waals surface area contributed by atoms with E-state index in [1.165, 1.54) is 0 Å². The molecule has 5 N–H and O–H groups in total. The molecule has 7 heteroatoms. The molecule has 0 aliphatic carbocycles. The number of H-pyrrole nitrogens is 1. The van der Waals surface area contributed by atoms with Gasteiger partial charge in [0, 0.05) is 30.6 Å². The Kier molecular flexibility index (Phi) is 4.76. The lowest BCUT2D eigenvalue weighted by molar-refractivity contribution is -0.120. The number of amides is 2. The van der Waals surface area contributed by atoms with Crippen LogP contribution in [0.2, 0.25) is 0 Å². The molecule has 1 aromatic carbocycles. The monoisotopic (exact) mass is 289 g/mol. The number of aromatic nitrogens is 2. The molecule has 0 saturated heterocycles. The fraction of sp³-hybridized carbons (Fsp3) is 0.357. The number of carbonyl (C=O) groups is 2. The summed E-state index contributed by atoms with van der Waals surface area (Å²) in [7, 11) is 0. The number of hydrogen-bond acceptors (Lipinski definition) is 4. The average Bonchev–Trinajstić information content (AvgIpc) is 2.88. The van der Waals surface area contributed by atoms with E-state index in [0.29, 0.717) is 17.6 Å². The van der Waals surface area contributed by atoms with Crippen LogP contribution >= 0.6 is 0 Å². The van der Waals surface area contributed by atoms with E-state index in [-0.39, 0.29) is 30.5 Å². The van der Waals surface area contributed by atoms with Crippen molar-refractivity contribution in [1.29, 1.82) is 0 Å². The van der Waals surface area contributed by atoms with Crippen LogP contribution in [0.3, 0.4) is 0 Å². The van der Waals surface area contributed by atoms with Crippen LogP contribution in [-0.2, 0) is 4.79 Å². The van der Waals surface area contributed by atoms with Crippen molar-refractivity contribution in [3.63, 3.8) is 0 Å². The van der Waals surface area contributed by atoms with Gasteiger partial charge in [-0.05, 0) is 24.6 Å². The van der Waals surface area contributed by atoms with Crippen LogP contribution in [0, 0.1) is 0 Å². The molecule has 0 atom stereocenters. The molecule has 0 spiro atoms. The van der Waals surface area contributed by atoms with E-state index in [1.807, 2.05) is 6.92 Å². The third kappa shape index (κ3) is 3.71. The Morgan fingerprint density at radius 3 is 2.86 bits per heavy atom. The highest BCUT2D eigenvalue weighted by molar-refractivity contribution is 6.05. The molecule has 0 unspecified atom stereocenters. The Labute approximate surface area is 122 Å². The first-order valence-corrected chi connectivity index (χ1v) is 6.90. The van der Waals surface area contributed by atoms with Crippen molar-refractivity contribution in [1.82, 2.24) is 20.8 Å². The predicted octanol–water partition coefficient (Wildman–Crippen LogP) is 0.791. The zero-order valence-corrected chi connectivity index (χ0v) is 11.9. The quantitative estimate of drug-likeness (QED) is 0.589. The lowest BCUT2D eigenvalue weighted by Gasteiger charge is -2.05. The summed E-state index contributed by atoms with van der Waals surface area (Å²) in [6.07, 6.45) is 1.13. The highest BCUT2D eigenvalue weighted by atomic mass is 16.2. The molecule has 0 saturated carbocycles. The molecule has 21 heavy (non-hydrogen) atoms. The standard InChI is InChI=1S/C14H19N5O2/c1-2-6-16-12(20)5-7-17-14(21)13-10-8-9(15)3-4-11(10)18-19-13/h3-4,8H,2,5-7,15H2,1H3,(H,16,20)(H,17,21)(H,18,19). The van der Waals surface area contributed by atoms with E-state index < -0.39 is 0 Å². The fourth-order valence-electron chi connectivity index (χ4n) is 1.93. The van der Waals surface area contributed by atoms with Crippen molar-refractivity contribution in [3.8, 4) is 0 Å². The number of fused-ring (bicyclic) bond motifs is 1. The van der Waals surface area contributed by atoms with Gasteiger partial charge in [0.05, 0.1) is 5.52 Å². The van der Waals surface area contributed by atoms with Crippen LogP contribution in [0.1, 0.15) is 30.3 Å². The maximum atomic E-state index is 12.1. The SMILES string of the molecule is CCCNC(=O)CCNC(=O)c1n[nH]c2ccc(N)cc12. The molecule has 1 heterocycles. The minimum absolute atomic E-state index is 0.0757. The molecule has 2 amide bonds. The zero-order chi connectivity index (χ0) is 15.2. The maximum Gasteiger partial charge on any atom is 0.272 e. The number of hydrogen-bond donors (Lipinski definition) is 4. The second-order valence-corrected chi connectivity index (χ2v) is 4.73. The molecule has 2 rings (SSSR count). The van der Waals surface area contributed by atoms with E-state index in [1.54, 1.807) is 18.2 Å². The number of nitrogens with one attached hydrogen (secondary N) is 3. The van der Waals surface area contributed by atoms with Crippen LogP contribution in [0.25, 0.3) is 10.9 Å². The number of benzene rings is 1. The zero-order valence-electron chi connectivity index (χ0n) is 11.9. The Bertz CT molecular complexity index is 650. The van der Waals surface area contributed by atoms with E-state index in [0.717, 1.165) is 11.9 Å². The lowest BCUT2D eigenvalue weighted by Crippen LogP contribution is -2.31. The number of anilines is 1. The van der Waals surface area contributed by atoms with Crippen molar-refractivity contribution < 1.29 is 9.59 Å². The third-order valence-corrected chi connectivity index (χ3v) is 3.01. The average molecular weight is 289 g/mol. The number of carbonyl (C=O) groups excluding carboxylic acids is 2. The first-order valence-electron chi connectivity index (χ1n) is 6.90. The minimum Gasteiger partial charge on any atom is -0.399 e. The number of nitrogens with zero attached hydrogens (tertiary/aromatic N) is 1. The number of nitrogens with two attached hydrogens (primary N) is 1.